The predicted octanol–water partition coefficient (Wildman–Crippen LogP) is 7.87. The third-order valence-corrected chi connectivity index (χ3v) is 13.6. The Morgan fingerprint density at radius 1 is 1.03 bits per heavy atom. The van der Waals surface area contributed by atoms with Gasteiger partial charge in [-0.15, -0.1) is 0 Å². The molecule has 1 amide bonds. The number of hydrogen-bond acceptors (Lipinski definition) is 12. The number of H-pyrrole nitrogens is 1. The van der Waals surface area contributed by atoms with Gasteiger partial charge in [-0.2, -0.15) is 0 Å². The average molecular weight is 916 g/mol. The van der Waals surface area contributed by atoms with Crippen molar-refractivity contribution in [3.8, 4) is 17.2 Å². The summed E-state index contributed by atoms with van der Waals surface area (Å²) < 4.78 is 62.3. The number of anilines is 1. The standard InChI is InChI=1S/C46H51ClFN7O8S/c1-31(2)23-33(32-3-5-35(47)6-4-32)12-16-52-19-21-54(22-20-52)36-7-9-40(43(25-36)63-38-24-34-11-15-49-44(34)50-27-38)45(56)51-64(59,60)39-8-10-42(41(26-39)55(57)58)62-30-46(48)13-17-53(18-14-46)37-28-61-29-37/h3-12,15,24-27,31,37H,13-14,16-23,28-30H2,1-2H3,(H,49,50)(H,51,56)/b33-12-. The first-order valence-corrected chi connectivity index (χ1v) is 23.2. The van der Waals surface area contributed by atoms with Gasteiger partial charge in [-0.05, 0) is 84.8 Å². The summed E-state index contributed by atoms with van der Waals surface area (Å²) in [6.45, 7) is 9.91. The number of halogens is 2. The fourth-order valence-corrected chi connectivity index (χ4v) is 9.29. The largest absolute Gasteiger partial charge is 0.483 e. The molecule has 338 valence electrons. The van der Waals surface area contributed by atoms with Crippen molar-refractivity contribution >= 4 is 55.5 Å². The lowest BCUT2D eigenvalue weighted by atomic mass is 9.93. The Labute approximate surface area is 376 Å². The molecule has 3 aliphatic heterocycles. The van der Waals surface area contributed by atoms with Crippen molar-refractivity contribution in [2.24, 2.45) is 5.92 Å². The van der Waals surface area contributed by atoms with Crippen molar-refractivity contribution < 1.29 is 36.7 Å². The molecule has 64 heavy (non-hydrogen) atoms. The summed E-state index contributed by atoms with van der Waals surface area (Å²) in [7, 11) is -4.67. The van der Waals surface area contributed by atoms with Gasteiger partial charge in [0.15, 0.2) is 5.75 Å². The number of pyridine rings is 1. The SMILES string of the molecule is CC(C)C/C(=C/CN1CCN(c2ccc(C(=O)NS(=O)(=O)c3ccc(OCC4(F)CCN(C5COC5)CC4)c([N+](=O)[O-])c3)c(Oc3cnc4[nH]ccc4c3)c2)CC1)c1ccc(Cl)cc1. The highest BCUT2D eigenvalue weighted by molar-refractivity contribution is 7.90. The minimum atomic E-state index is -4.67. The maximum absolute atomic E-state index is 15.7. The van der Waals surface area contributed by atoms with Gasteiger partial charge in [0.05, 0.1) is 40.8 Å². The number of benzene rings is 3. The molecule has 8 rings (SSSR count). The van der Waals surface area contributed by atoms with Crippen molar-refractivity contribution in [1.29, 1.82) is 0 Å². The van der Waals surface area contributed by atoms with E-state index in [-0.39, 0.29) is 35.9 Å². The zero-order chi connectivity index (χ0) is 45.0. The molecule has 0 saturated carbocycles. The van der Waals surface area contributed by atoms with E-state index in [0.29, 0.717) is 61.7 Å². The molecule has 0 bridgehead atoms. The summed E-state index contributed by atoms with van der Waals surface area (Å²) >= 11 is 6.16. The lowest BCUT2D eigenvalue weighted by Gasteiger charge is -2.43. The average Bonchev–Trinajstić information content (AvgIpc) is 3.73. The number of nitrogens with zero attached hydrogens (tertiary/aromatic N) is 5. The van der Waals surface area contributed by atoms with E-state index in [1.165, 1.54) is 17.8 Å². The molecule has 0 atom stereocenters. The zero-order valence-electron chi connectivity index (χ0n) is 35.7. The summed E-state index contributed by atoms with van der Waals surface area (Å²) in [5.41, 5.74) is 1.35. The topological polar surface area (TPSA) is 172 Å². The number of likely N-dealkylation sites (tertiary alicyclic amines) is 1. The lowest BCUT2D eigenvalue weighted by Crippen LogP contribution is -2.55. The first kappa shape index (κ1) is 45.0. The Morgan fingerprint density at radius 3 is 2.47 bits per heavy atom. The molecule has 5 aromatic rings. The van der Waals surface area contributed by atoms with Gasteiger partial charge in [-0.3, -0.25) is 24.7 Å². The van der Waals surface area contributed by atoms with E-state index in [4.69, 9.17) is 25.8 Å². The third kappa shape index (κ3) is 10.7. The van der Waals surface area contributed by atoms with Crippen LogP contribution in [0.2, 0.25) is 5.02 Å². The number of rotatable bonds is 16. The van der Waals surface area contributed by atoms with Gasteiger partial charge in [-0.1, -0.05) is 43.7 Å². The molecule has 3 fully saturated rings. The number of piperazine rings is 1. The van der Waals surface area contributed by atoms with Crippen molar-refractivity contribution in [3.05, 3.63) is 118 Å². The number of aromatic nitrogens is 2. The van der Waals surface area contributed by atoms with Gasteiger partial charge < -0.3 is 24.1 Å². The van der Waals surface area contributed by atoms with Crippen LogP contribution in [0.4, 0.5) is 15.8 Å². The number of aromatic amines is 1. The highest BCUT2D eigenvalue weighted by atomic mass is 35.5. The maximum Gasteiger partial charge on any atom is 0.312 e. The minimum Gasteiger partial charge on any atom is -0.483 e. The number of nitro groups is 1. The minimum absolute atomic E-state index is 0.0790. The van der Waals surface area contributed by atoms with Gasteiger partial charge in [-0.25, -0.2) is 22.5 Å². The fourth-order valence-electron chi connectivity index (χ4n) is 8.17. The van der Waals surface area contributed by atoms with Gasteiger partial charge in [0.1, 0.15) is 29.4 Å². The number of fused-ring (bicyclic) bond motifs is 1. The van der Waals surface area contributed by atoms with Crippen molar-refractivity contribution in [2.45, 2.75) is 49.7 Å². The van der Waals surface area contributed by atoms with E-state index in [9.17, 15) is 23.3 Å². The van der Waals surface area contributed by atoms with Crippen LogP contribution in [-0.2, 0) is 14.8 Å². The molecule has 0 unspecified atom stereocenters. The van der Waals surface area contributed by atoms with Gasteiger partial charge in [0.25, 0.3) is 15.9 Å². The second kappa shape index (κ2) is 19.3. The second-order valence-corrected chi connectivity index (χ2v) is 19.1. The molecule has 15 nitrogen and oxygen atoms in total. The molecule has 18 heteroatoms. The Hall–Kier alpha value is -5.59. The van der Waals surface area contributed by atoms with Crippen molar-refractivity contribution in [2.75, 3.05) is 70.5 Å². The van der Waals surface area contributed by atoms with Crippen LogP contribution in [0, 0.1) is 16.0 Å². The van der Waals surface area contributed by atoms with Crippen LogP contribution in [0.1, 0.15) is 49.0 Å². The lowest BCUT2D eigenvalue weighted by molar-refractivity contribution is -0.386. The number of nitro benzene ring substituents is 1. The molecule has 3 aliphatic rings. The first-order valence-electron chi connectivity index (χ1n) is 21.4. The number of carbonyl (C=O) groups is 1. The predicted molar refractivity (Wildman–Crippen MR) is 243 cm³/mol. The number of alkyl halides is 1. The van der Waals surface area contributed by atoms with Crippen LogP contribution in [-0.4, -0.2) is 116 Å². The maximum atomic E-state index is 15.7. The number of carbonyl (C=O) groups excluding carboxylic acids is 1. The number of sulfonamides is 1. The number of allylic oxidation sites excluding steroid dienone is 1. The monoisotopic (exact) mass is 915 g/mol. The van der Waals surface area contributed by atoms with Crippen LogP contribution in [0.15, 0.2) is 96.2 Å². The molecule has 2 N–H and O–H groups in total. The van der Waals surface area contributed by atoms with E-state index in [2.05, 4.69) is 61.4 Å². The molecule has 2 aromatic heterocycles. The van der Waals surface area contributed by atoms with E-state index in [1.807, 2.05) is 18.2 Å². The Bertz CT molecular complexity index is 2620. The molecule has 3 aromatic carbocycles. The van der Waals surface area contributed by atoms with Crippen LogP contribution >= 0.6 is 11.6 Å². The summed E-state index contributed by atoms with van der Waals surface area (Å²) in [4.78, 5) is 38.8. The Balaban J connectivity index is 0.969. The van der Waals surface area contributed by atoms with Crippen LogP contribution < -0.4 is 19.1 Å². The highest BCUT2D eigenvalue weighted by Crippen LogP contribution is 2.36. The summed E-state index contributed by atoms with van der Waals surface area (Å²) in [6, 6.07) is 19.7. The van der Waals surface area contributed by atoms with E-state index in [0.717, 1.165) is 60.9 Å². The van der Waals surface area contributed by atoms with E-state index < -0.39 is 43.7 Å². The van der Waals surface area contributed by atoms with Gasteiger partial charge in [0, 0.05) is 80.2 Å². The summed E-state index contributed by atoms with van der Waals surface area (Å²) in [5.74, 6) is -0.426. The first-order chi connectivity index (χ1) is 30.7. The van der Waals surface area contributed by atoms with Crippen LogP contribution in [0.25, 0.3) is 16.6 Å². The molecule has 5 heterocycles. The number of ether oxygens (including phenoxy) is 3. The van der Waals surface area contributed by atoms with Crippen molar-refractivity contribution in [3.63, 3.8) is 0 Å². The number of hydrogen-bond donors (Lipinski definition) is 2. The third-order valence-electron chi connectivity index (χ3n) is 12.0. The Morgan fingerprint density at radius 2 is 1.78 bits per heavy atom. The number of nitrogens with one attached hydrogen (secondary N) is 2. The van der Waals surface area contributed by atoms with Gasteiger partial charge in [0.2, 0.25) is 0 Å². The second-order valence-electron chi connectivity index (χ2n) is 17.0. The summed E-state index contributed by atoms with van der Waals surface area (Å²) in [6.07, 6.45) is 6.83. The molecule has 0 radical (unpaired) electrons. The fraction of sp³-hybridized carbons (Fsp3) is 0.391. The highest BCUT2D eigenvalue weighted by Gasteiger charge is 2.39. The van der Waals surface area contributed by atoms with E-state index in [1.54, 1.807) is 24.4 Å². The summed E-state index contributed by atoms with van der Waals surface area (Å²) in [5, 5.41) is 13.6. The molecular formula is C46H51ClFN7O8S. The van der Waals surface area contributed by atoms with Crippen LogP contribution in [0.3, 0.4) is 0 Å². The number of piperidine rings is 1. The smallest absolute Gasteiger partial charge is 0.312 e. The quantitative estimate of drug-likeness (QED) is 0.0726. The van der Waals surface area contributed by atoms with Crippen molar-refractivity contribution in [1.82, 2.24) is 24.5 Å². The molecular weight excluding hydrogens is 865 g/mol. The Kier molecular flexibility index (Phi) is 13.5. The molecule has 0 aliphatic carbocycles. The normalized spacial score (nSPS) is 17.6. The molecule has 0 spiro atoms. The molecule has 3 saturated heterocycles. The van der Waals surface area contributed by atoms with E-state index >= 15 is 4.39 Å². The van der Waals surface area contributed by atoms with Crippen LogP contribution in [0.5, 0.6) is 17.2 Å². The number of amides is 1. The zero-order valence-corrected chi connectivity index (χ0v) is 37.2. The van der Waals surface area contributed by atoms with Gasteiger partial charge >= 0.3 is 5.69 Å².